The lowest BCUT2D eigenvalue weighted by Crippen LogP contribution is -2.40. The summed E-state index contributed by atoms with van der Waals surface area (Å²) in [4.78, 5) is 5.21. The minimum atomic E-state index is 0.766. The van der Waals surface area contributed by atoms with Crippen LogP contribution < -0.4 is 5.73 Å². The SMILES string of the molecule is CCC1CN(C)CCCN1CCCC(C)CCN. The van der Waals surface area contributed by atoms with Crippen LogP contribution in [0.1, 0.15) is 46.0 Å². The quantitative estimate of drug-likeness (QED) is 0.757. The van der Waals surface area contributed by atoms with Crippen molar-refractivity contribution in [3.05, 3.63) is 0 Å². The van der Waals surface area contributed by atoms with Gasteiger partial charge < -0.3 is 10.6 Å². The van der Waals surface area contributed by atoms with Gasteiger partial charge in [0.05, 0.1) is 0 Å². The zero-order chi connectivity index (χ0) is 13.4. The standard InChI is InChI=1S/C15H33N3/c1-4-15-13-17(3)10-6-12-18(15)11-5-7-14(2)8-9-16/h14-15H,4-13,16H2,1-3H3. The van der Waals surface area contributed by atoms with Crippen molar-refractivity contribution in [2.75, 3.05) is 39.8 Å². The van der Waals surface area contributed by atoms with Gasteiger partial charge in [-0.1, -0.05) is 13.8 Å². The van der Waals surface area contributed by atoms with E-state index in [0.717, 1.165) is 18.5 Å². The minimum absolute atomic E-state index is 0.766. The van der Waals surface area contributed by atoms with Gasteiger partial charge in [0.25, 0.3) is 0 Å². The topological polar surface area (TPSA) is 32.5 Å². The molecule has 1 fully saturated rings. The Bertz CT molecular complexity index is 208. The zero-order valence-corrected chi connectivity index (χ0v) is 12.7. The van der Waals surface area contributed by atoms with Crippen molar-refractivity contribution in [2.45, 2.75) is 52.0 Å². The third-order valence-corrected chi connectivity index (χ3v) is 4.30. The van der Waals surface area contributed by atoms with E-state index in [0.29, 0.717) is 0 Å². The molecule has 0 spiro atoms. The summed E-state index contributed by atoms with van der Waals surface area (Å²) in [5.74, 6) is 0.796. The third kappa shape index (κ3) is 5.68. The van der Waals surface area contributed by atoms with Crippen molar-refractivity contribution in [1.29, 1.82) is 0 Å². The number of nitrogens with zero attached hydrogens (tertiary/aromatic N) is 2. The van der Waals surface area contributed by atoms with E-state index in [1.165, 1.54) is 58.3 Å². The number of likely N-dealkylation sites (N-methyl/N-ethyl adjacent to an activating group) is 1. The van der Waals surface area contributed by atoms with Crippen LogP contribution in [-0.4, -0.2) is 55.6 Å². The molecule has 18 heavy (non-hydrogen) atoms. The Balaban J connectivity index is 2.29. The van der Waals surface area contributed by atoms with Crippen LogP contribution in [0.15, 0.2) is 0 Å². The second kappa shape index (κ2) is 8.89. The molecule has 1 aliphatic rings. The summed E-state index contributed by atoms with van der Waals surface area (Å²) in [6, 6.07) is 0.766. The lowest BCUT2D eigenvalue weighted by Gasteiger charge is -2.30. The predicted octanol–water partition coefficient (Wildman–Crippen LogP) is 2.17. The van der Waals surface area contributed by atoms with Gasteiger partial charge in [0.15, 0.2) is 0 Å². The molecule has 0 aromatic rings. The Labute approximate surface area is 114 Å². The van der Waals surface area contributed by atoms with Crippen LogP contribution in [0.2, 0.25) is 0 Å². The molecule has 2 atom stereocenters. The summed E-state index contributed by atoms with van der Waals surface area (Å²) >= 11 is 0. The van der Waals surface area contributed by atoms with Gasteiger partial charge in [0, 0.05) is 12.6 Å². The predicted molar refractivity (Wildman–Crippen MR) is 79.8 cm³/mol. The van der Waals surface area contributed by atoms with E-state index in [1.54, 1.807) is 0 Å². The third-order valence-electron chi connectivity index (χ3n) is 4.30. The first-order valence-electron chi connectivity index (χ1n) is 7.80. The normalized spacial score (nSPS) is 25.0. The molecule has 0 saturated carbocycles. The lowest BCUT2D eigenvalue weighted by atomic mass is 10.0. The molecule has 0 amide bonds. The molecule has 1 saturated heterocycles. The summed E-state index contributed by atoms with van der Waals surface area (Å²) in [5, 5.41) is 0. The van der Waals surface area contributed by atoms with Crippen LogP contribution in [0.5, 0.6) is 0 Å². The Morgan fingerprint density at radius 3 is 2.72 bits per heavy atom. The monoisotopic (exact) mass is 255 g/mol. The molecule has 0 radical (unpaired) electrons. The van der Waals surface area contributed by atoms with Gasteiger partial charge in [0.1, 0.15) is 0 Å². The number of hydrogen-bond donors (Lipinski definition) is 1. The summed E-state index contributed by atoms with van der Waals surface area (Å²) in [7, 11) is 2.26. The molecule has 0 bridgehead atoms. The Morgan fingerprint density at radius 1 is 1.28 bits per heavy atom. The zero-order valence-electron chi connectivity index (χ0n) is 12.7. The Hall–Kier alpha value is -0.120. The molecule has 0 aromatic carbocycles. The van der Waals surface area contributed by atoms with E-state index in [9.17, 15) is 0 Å². The summed E-state index contributed by atoms with van der Waals surface area (Å²) < 4.78 is 0. The van der Waals surface area contributed by atoms with Crippen LogP contribution in [0, 0.1) is 5.92 Å². The van der Waals surface area contributed by atoms with Gasteiger partial charge in [-0.05, 0) is 71.2 Å². The molecule has 2 unspecified atom stereocenters. The highest BCUT2D eigenvalue weighted by atomic mass is 15.2. The number of rotatable bonds is 7. The fraction of sp³-hybridized carbons (Fsp3) is 1.00. The smallest absolute Gasteiger partial charge is 0.0220 e. The van der Waals surface area contributed by atoms with E-state index >= 15 is 0 Å². The van der Waals surface area contributed by atoms with E-state index in [1.807, 2.05) is 0 Å². The molecular formula is C15H33N3. The molecule has 1 heterocycles. The van der Waals surface area contributed by atoms with Crippen molar-refractivity contribution in [3.8, 4) is 0 Å². The summed E-state index contributed by atoms with van der Waals surface area (Å²) in [5.41, 5.74) is 5.61. The number of hydrogen-bond acceptors (Lipinski definition) is 3. The van der Waals surface area contributed by atoms with Crippen LogP contribution in [0.4, 0.5) is 0 Å². The minimum Gasteiger partial charge on any atom is -0.330 e. The van der Waals surface area contributed by atoms with Gasteiger partial charge in [-0.15, -0.1) is 0 Å². The van der Waals surface area contributed by atoms with Crippen LogP contribution >= 0.6 is 0 Å². The highest BCUT2D eigenvalue weighted by Crippen LogP contribution is 2.15. The molecule has 3 heteroatoms. The second-order valence-corrected chi connectivity index (χ2v) is 6.04. The molecule has 1 rings (SSSR count). The first-order valence-corrected chi connectivity index (χ1v) is 7.80. The van der Waals surface area contributed by atoms with Crippen molar-refractivity contribution in [3.63, 3.8) is 0 Å². The maximum absolute atomic E-state index is 5.61. The van der Waals surface area contributed by atoms with Crippen LogP contribution in [0.3, 0.4) is 0 Å². The first kappa shape index (κ1) is 15.9. The average Bonchev–Trinajstić information content (AvgIpc) is 2.51. The largest absolute Gasteiger partial charge is 0.330 e. The molecule has 2 N–H and O–H groups in total. The van der Waals surface area contributed by atoms with Crippen LogP contribution in [-0.2, 0) is 0 Å². The lowest BCUT2D eigenvalue weighted by molar-refractivity contribution is 0.177. The number of nitrogens with two attached hydrogens (primary N) is 1. The van der Waals surface area contributed by atoms with Crippen LogP contribution in [0.25, 0.3) is 0 Å². The maximum atomic E-state index is 5.61. The van der Waals surface area contributed by atoms with Crippen molar-refractivity contribution < 1.29 is 0 Å². The molecular weight excluding hydrogens is 222 g/mol. The Kier molecular flexibility index (Phi) is 7.87. The maximum Gasteiger partial charge on any atom is 0.0220 e. The molecule has 0 aliphatic carbocycles. The summed E-state index contributed by atoms with van der Waals surface area (Å²) in [6.45, 7) is 10.6. The highest BCUT2D eigenvalue weighted by molar-refractivity contribution is 4.77. The highest BCUT2D eigenvalue weighted by Gasteiger charge is 2.21. The fourth-order valence-corrected chi connectivity index (χ4v) is 3.05. The fourth-order valence-electron chi connectivity index (χ4n) is 3.05. The molecule has 3 nitrogen and oxygen atoms in total. The van der Waals surface area contributed by atoms with E-state index in [4.69, 9.17) is 5.73 Å². The molecule has 108 valence electrons. The van der Waals surface area contributed by atoms with Gasteiger partial charge in [0.2, 0.25) is 0 Å². The Morgan fingerprint density at radius 2 is 2.06 bits per heavy atom. The first-order chi connectivity index (χ1) is 8.67. The molecule has 0 aromatic heterocycles. The average molecular weight is 255 g/mol. The van der Waals surface area contributed by atoms with Crippen molar-refractivity contribution in [1.82, 2.24) is 9.80 Å². The second-order valence-electron chi connectivity index (χ2n) is 6.04. The van der Waals surface area contributed by atoms with E-state index in [2.05, 4.69) is 30.7 Å². The summed E-state index contributed by atoms with van der Waals surface area (Å²) in [6.07, 6.45) is 6.45. The van der Waals surface area contributed by atoms with Crippen molar-refractivity contribution in [2.24, 2.45) is 11.7 Å². The van der Waals surface area contributed by atoms with Gasteiger partial charge >= 0.3 is 0 Å². The van der Waals surface area contributed by atoms with Gasteiger partial charge in [-0.25, -0.2) is 0 Å². The van der Waals surface area contributed by atoms with Gasteiger partial charge in [-0.2, -0.15) is 0 Å². The van der Waals surface area contributed by atoms with E-state index in [-0.39, 0.29) is 0 Å². The van der Waals surface area contributed by atoms with Gasteiger partial charge in [-0.3, -0.25) is 4.90 Å². The van der Waals surface area contributed by atoms with Crippen molar-refractivity contribution >= 4 is 0 Å². The molecule has 1 aliphatic heterocycles. The van der Waals surface area contributed by atoms with E-state index < -0.39 is 0 Å².